The van der Waals surface area contributed by atoms with E-state index >= 15 is 0 Å². The molecule has 1 unspecified atom stereocenters. The van der Waals surface area contributed by atoms with Gasteiger partial charge in [0.1, 0.15) is 24.4 Å². The summed E-state index contributed by atoms with van der Waals surface area (Å²) in [7, 11) is 0. The third-order valence-corrected chi connectivity index (χ3v) is 5.28. The average Bonchev–Trinajstić information content (AvgIpc) is 3.15. The maximum absolute atomic E-state index is 10.1. The van der Waals surface area contributed by atoms with E-state index in [4.69, 9.17) is 23.7 Å². The van der Waals surface area contributed by atoms with Crippen LogP contribution in [0.5, 0.6) is 0 Å². The van der Waals surface area contributed by atoms with Crippen molar-refractivity contribution in [3.05, 3.63) is 0 Å². The van der Waals surface area contributed by atoms with Gasteiger partial charge in [-0.3, -0.25) is 0 Å². The van der Waals surface area contributed by atoms with E-state index in [9.17, 15) is 10.2 Å². The Morgan fingerprint density at radius 3 is 2.25 bits per heavy atom. The van der Waals surface area contributed by atoms with Gasteiger partial charge >= 0.3 is 0 Å². The number of ether oxygens (including phenoxy) is 5. The van der Waals surface area contributed by atoms with Gasteiger partial charge in [0.2, 0.25) is 0 Å². The molecule has 0 aromatic carbocycles. The van der Waals surface area contributed by atoms with E-state index in [-0.39, 0.29) is 0 Å². The van der Waals surface area contributed by atoms with E-state index in [2.05, 4.69) is 6.92 Å². The zero-order chi connectivity index (χ0) is 20.6. The standard InChI is InChI=1S/C21H40O7/c1-5-7-8-9-10-11-12-13-24-16(6-2)25-20-19-18(27-21(3,4)28-19)17(26-20)15(23)14-22/h15-20,22-23H,5-14H2,1-4H3/t15-,16?,17-,18+,19+,20+/m1/s1. The maximum atomic E-state index is 10.1. The van der Waals surface area contributed by atoms with Crippen molar-refractivity contribution in [2.24, 2.45) is 0 Å². The molecule has 2 saturated heterocycles. The van der Waals surface area contributed by atoms with Gasteiger partial charge in [0.05, 0.1) is 6.61 Å². The number of unbranched alkanes of at least 4 members (excludes halogenated alkanes) is 6. The number of aliphatic hydroxyl groups is 2. The van der Waals surface area contributed by atoms with Gasteiger partial charge in [0, 0.05) is 6.61 Å². The van der Waals surface area contributed by atoms with Crippen LogP contribution in [0.25, 0.3) is 0 Å². The molecule has 0 radical (unpaired) electrons. The minimum atomic E-state index is -1.05. The second-order valence-electron chi connectivity index (χ2n) is 8.25. The van der Waals surface area contributed by atoms with Crippen LogP contribution in [0.1, 0.15) is 79.1 Å². The molecule has 0 aliphatic carbocycles. The van der Waals surface area contributed by atoms with Crippen LogP contribution in [0.3, 0.4) is 0 Å². The molecule has 28 heavy (non-hydrogen) atoms. The zero-order valence-electron chi connectivity index (χ0n) is 18.0. The highest BCUT2D eigenvalue weighted by Gasteiger charge is 2.57. The summed E-state index contributed by atoms with van der Waals surface area (Å²) < 4.78 is 29.5. The van der Waals surface area contributed by atoms with Crippen LogP contribution in [0.4, 0.5) is 0 Å². The molecule has 6 atom stereocenters. The Morgan fingerprint density at radius 2 is 1.61 bits per heavy atom. The van der Waals surface area contributed by atoms with E-state index in [0.717, 1.165) is 6.42 Å². The smallest absolute Gasteiger partial charge is 0.190 e. The molecule has 7 nitrogen and oxygen atoms in total. The highest BCUT2D eigenvalue weighted by atomic mass is 16.8. The Kier molecular flexibility index (Phi) is 10.1. The Bertz CT molecular complexity index is 431. The zero-order valence-corrected chi connectivity index (χ0v) is 18.0. The highest BCUT2D eigenvalue weighted by Crippen LogP contribution is 2.40. The Labute approximate surface area is 169 Å². The molecule has 7 heteroatoms. The van der Waals surface area contributed by atoms with Gasteiger partial charge in [-0.05, 0) is 26.7 Å². The molecule has 2 aliphatic heterocycles. The van der Waals surface area contributed by atoms with Crippen LogP contribution in [0, 0.1) is 0 Å². The van der Waals surface area contributed by atoms with Crippen LogP contribution >= 0.6 is 0 Å². The largest absolute Gasteiger partial charge is 0.394 e. The van der Waals surface area contributed by atoms with Gasteiger partial charge in [0.15, 0.2) is 18.4 Å². The van der Waals surface area contributed by atoms with Gasteiger partial charge in [0.25, 0.3) is 0 Å². The number of hydrogen-bond acceptors (Lipinski definition) is 7. The maximum Gasteiger partial charge on any atom is 0.190 e. The fraction of sp³-hybridized carbons (Fsp3) is 1.00. The quantitative estimate of drug-likeness (QED) is 0.340. The molecule has 0 aromatic rings. The van der Waals surface area contributed by atoms with E-state index in [0.29, 0.717) is 13.0 Å². The molecular formula is C21H40O7. The summed E-state index contributed by atoms with van der Waals surface area (Å²) >= 11 is 0. The van der Waals surface area contributed by atoms with Crippen molar-refractivity contribution in [3.8, 4) is 0 Å². The van der Waals surface area contributed by atoms with Crippen molar-refractivity contribution in [1.29, 1.82) is 0 Å². The molecule has 2 rings (SSSR count). The fourth-order valence-corrected chi connectivity index (χ4v) is 3.79. The Morgan fingerprint density at radius 1 is 0.964 bits per heavy atom. The van der Waals surface area contributed by atoms with Crippen LogP contribution in [0.15, 0.2) is 0 Å². The lowest BCUT2D eigenvalue weighted by atomic mass is 10.1. The van der Waals surface area contributed by atoms with Gasteiger partial charge in [-0.1, -0.05) is 52.4 Å². The molecule has 0 saturated carbocycles. The Hall–Kier alpha value is -0.280. The first-order chi connectivity index (χ1) is 13.4. The molecule has 0 bridgehead atoms. The molecule has 2 fully saturated rings. The second-order valence-corrected chi connectivity index (χ2v) is 8.25. The lowest BCUT2D eigenvalue weighted by Crippen LogP contribution is -2.40. The molecule has 0 amide bonds. The van der Waals surface area contributed by atoms with E-state index in [1.165, 1.54) is 38.5 Å². The molecule has 166 valence electrons. The third kappa shape index (κ3) is 6.90. The fourth-order valence-electron chi connectivity index (χ4n) is 3.79. The minimum absolute atomic E-state index is 0.400. The normalized spacial score (nSPS) is 31.1. The minimum Gasteiger partial charge on any atom is -0.394 e. The van der Waals surface area contributed by atoms with Crippen LogP contribution in [-0.4, -0.2) is 66.2 Å². The molecular weight excluding hydrogens is 364 g/mol. The summed E-state index contributed by atoms with van der Waals surface area (Å²) in [6.07, 6.45) is 5.54. The highest BCUT2D eigenvalue weighted by molar-refractivity contribution is 4.97. The van der Waals surface area contributed by atoms with Crippen molar-refractivity contribution in [1.82, 2.24) is 0 Å². The SMILES string of the molecule is CCCCCCCCCOC(CC)O[C@H]1O[C@H]([C@H](O)CO)[C@@H]2OC(C)(C)O[C@H]12. The summed E-state index contributed by atoms with van der Waals surface area (Å²) in [6, 6.07) is 0. The van der Waals surface area contributed by atoms with Crippen molar-refractivity contribution in [2.45, 2.75) is 122 Å². The lowest BCUT2D eigenvalue weighted by molar-refractivity contribution is -0.288. The predicted octanol–water partition coefficient (Wildman–Crippen LogP) is 3.10. The summed E-state index contributed by atoms with van der Waals surface area (Å²) in [5.41, 5.74) is 0. The van der Waals surface area contributed by atoms with E-state index < -0.39 is 49.4 Å². The number of fused-ring (bicyclic) bond motifs is 1. The lowest BCUT2D eigenvalue weighted by Gasteiger charge is -2.27. The first kappa shape index (κ1) is 24.0. The molecule has 2 N–H and O–H groups in total. The summed E-state index contributed by atoms with van der Waals surface area (Å²) in [5.74, 6) is -0.783. The first-order valence-corrected chi connectivity index (χ1v) is 11.0. The number of rotatable bonds is 14. The van der Waals surface area contributed by atoms with Gasteiger partial charge in [-0.2, -0.15) is 0 Å². The van der Waals surface area contributed by atoms with Crippen molar-refractivity contribution >= 4 is 0 Å². The predicted molar refractivity (Wildman–Crippen MR) is 105 cm³/mol. The number of hydrogen-bond donors (Lipinski definition) is 2. The third-order valence-electron chi connectivity index (χ3n) is 5.28. The molecule has 0 spiro atoms. The van der Waals surface area contributed by atoms with Crippen molar-refractivity contribution < 1.29 is 33.9 Å². The number of aliphatic hydroxyl groups excluding tert-OH is 2. The summed E-state index contributed by atoms with van der Waals surface area (Å²) in [5, 5.41) is 19.4. The van der Waals surface area contributed by atoms with Crippen molar-refractivity contribution in [2.75, 3.05) is 13.2 Å². The van der Waals surface area contributed by atoms with Gasteiger partial charge in [-0.25, -0.2) is 0 Å². The second kappa shape index (κ2) is 11.8. The van der Waals surface area contributed by atoms with Gasteiger partial charge in [-0.15, -0.1) is 0 Å². The van der Waals surface area contributed by atoms with E-state index in [1.54, 1.807) is 0 Å². The molecule has 2 aliphatic rings. The molecule has 0 aromatic heterocycles. The average molecular weight is 405 g/mol. The summed E-state index contributed by atoms with van der Waals surface area (Å²) in [4.78, 5) is 0. The van der Waals surface area contributed by atoms with Crippen LogP contribution in [-0.2, 0) is 23.7 Å². The van der Waals surface area contributed by atoms with Gasteiger partial charge < -0.3 is 33.9 Å². The van der Waals surface area contributed by atoms with Crippen molar-refractivity contribution in [3.63, 3.8) is 0 Å². The first-order valence-electron chi connectivity index (χ1n) is 11.0. The topological polar surface area (TPSA) is 86.6 Å². The van der Waals surface area contributed by atoms with E-state index in [1.807, 2.05) is 20.8 Å². The monoisotopic (exact) mass is 404 g/mol. The molecule has 2 heterocycles. The Balaban J connectivity index is 1.76. The van der Waals surface area contributed by atoms with Crippen LogP contribution < -0.4 is 0 Å². The summed E-state index contributed by atoms with van der Waals surface area (Å²) in [6.45, 7) is 8.11. The van der Waals surface area contributed by atoms with Crippen LogP contribution in [0.2, 0.25) is 0 Å².